The fourth-order valence-corrected chi connectivity index (χ4v) is 2.62. The molecule has 0 bridgehead atoms. The first kappa shape index (κ1) is 13.5. The van der Waals surface area contributed by atoms with Crippen LogP contribution in [0.3, 0.4) is 0 Å². The van der Waals surface area contributed by atoms with Crippen molar-refractivity contribution < 1.29 is 4.74 Å². The Hall–Kier alpha value is -0.940. The van der Waals surface area contributed by atoms with Gasteiger partial charge in [0.25, 0.3) is 0 Å². The third-order valence-electron chi connectivity index (χ3n) is 3.84. The minimum atomic E-state index is -0.301. The first-order valence-electron chi connectivity index (χ1n) is 6.89. The van der Waals surface area contributed by atoms with Crippen molar-refractivity contribution in [3.63, 3.8) is 0 Å². The molecule has 1 aromatic heterocycles. The number of nitrogens with one attached hydrogen (secondary N) is 1. The molecule has 1 atom stereocenters. The van der Waals surface area contributed by atoms with E-state index in [2.05, 4.69) is 22.1 Å². The van der Waals surface area contributed by atoms with Crippen molar-refractivity contribution in [3.05, 3.63) is 11.6 Å². The average Bonchev–Trinajstić information content (AvgIpc) is 2.83. The number of aromatic amines is 1. The summed E-state index contributed by atoms with van der Waals surface area (Å²) >= 11 is 0. The Kier molecular flexibility index (Phi) is 4.02. The fraction of sp³-hybridized carbons (Fsp3) is 0.846. The number of hydrogen-bond donors (Lipinski definition) is 2. The van der Waals surface area contributed by atoms with Gasteiger partial charge >= 0.3 is 0 Å². The molecule has 1 aliphatic carbocycles. The number of rotatable bonds is 4. The van der Waals surface area contributed by atoms with Crippen molar-refractivity contribution in [1.29, 1.82) is 0 Å². The van der Waals surface area contributed by atoms with Gasteiger partial charge in [-0.3, -0.25) is 5.10 Å². The molecule has 18 heavy (non-hydrogen) atoms. The van der Waals surface area contributed by atoms with Crippen LogP contribution in [0.15, 0.2) is 0 Å². The Bertz CT molecular complexity index is 380. The number of aromatic nitrogens is 3. The Morgan fingerprint density at radius 3 is 2.67 bits per heavy atom. The Morgan fingerprint density at radius 2 is 2.17 bits per heavy atom. The van der Waals surface area contributed by atoms with Gasteiger partial charge < -0.3 is 10.5 Å². The molecular formula is C13H24N4O. The fourth-order valence-electron chi connectivity index (χ4n) is 2.62. The molecule has 0 aliphatic heterocycles. The molecule has 5 heteroatoms. The van der Waals surface area contributed by atoms with E-state index in [1.165, 1.54) is 12.8 Å². The molecule has 1 heterocycles. The summed E-state index contributed by atoms with van der Waals surface area (Å²) in [5, 5.41) is 7.27. The van der Waals surface area contributed by atoms with Crippen molar-refractivity contribution in [2.75, 3.05) is 6.61 Å². The Balaban J connectivity index is 2.23. The minimum Gasteiger partial charge on any atom is -0.367 e. The van der Waals surface area contributed by atoms with Crippen LogP contribution in [0, 0.1) is 5.92 Å². The highest BCUT2D eigenvalue weighted by Crippen LogP contribution is 2.41. The summed E-state index contributed by atoms with van der Waals surface area (Å²) in [7, 11) is 0. The van der Waals surface area contributed by atoms with Crippen LogP contribution in [0.2, 0.25) is 0 Å². The van der Waals surface area contributed by atoms with Gasteiger partial charge in [0.2, 0.25) is 0 Å². The van der Waals surface area contributed by atoms with Crippen LogP contribution >= 0.6 is 0 Å². The second kappa shape index (κ2) is 5.36. The van der Waals surface area contributed by atoms with Crippen molar-refractivity contribution >= 4 is 0 Å². The van der Waals surface area contributed by atoms with Gasteiger partial charge in [-0.2, -0.15) is 5.10 Å². The summed E-state index contributed by atoms with van der Waals surface area (Å²) in [6.45, 7) is 6.91. The lowest BCUT2D eigenvalue weighted by Crippen LogP contribution is -2.35. The standard InChI is InChI=1S/C13H24N4O/c1-4-18-13(7-5-9(2)6-8-13)12-15-11(10(3)14)16-17-12/h9-10H,4-8,14H2,1-3H3,(H,15,16,17). The highest BCUT2D eigenvalue weighted by atomic mass is 16.5. The second-order valence-electron chi connectivity index (χ2n) is 5.44. The number of hydrogen-bond acceptors (Lipinski definition) is 4. The molecule has 1 saturated carbocycles. The molecule has 0 amide bonds. The third kappa shape index (κ3) is 2.57. The number of ether oxygens (including phenoxy) is 1. The minimum absolute atomic E-state index is 0.118. The van der Waals surface area contributed by atoms with Gasteiger partial charge in [0.05, 0.1) is 6.04 Å². The van der Waals surface area contributed by atoms with Gasteiger partial charge in [0.15, 0.2) is 5.82 Å². The normalized spacial score (nSPS) is 30.3. The van der Waals surface area contributed by atoms with Crippen molar-refractivity contribution in [2.24, 2.45) is 11.7 Å². The van der Waals surface area contributed by atoms with Crippen molar-refractivity contribution in [2.45, 2.75) is 58.1 Å². The number of H-pyrrole nitrogens is 1. The smallest absolute Gasteiger partial charge is 0.182 e. The van der Waals surface area contributed by atoms with Crippen LogP contribution < -0.4 is 5.73 Å². The van der Waals surface area contributed by atoms with Crippen LogP contribution in [0.5, 0.6) is 0 Å². The molecule has 102 valence electrons. The molecule has 3 N–H and O–H groups in total. The lowest BCUT2D eigenvalue weighted by atomic mass is 9.79. The molecule has 1 unspecified atom stereocenters. The zero-order valence-electron chi connectivity index (χ0n) is 11.6. The van der Waals surface area contributed by atoms with E-state index in [4.69, 9.17) is 10.5 Å². The van der Waals surface area contributed by atoms with E-state index < -0.39 is 0 Å². The quantitative estimate of drug-likeness (QED) is 0.861. The maximum atomic E-state index is 6.01. The molecule has 1 fully saturated rings. The average molecular weight is 252 g/mol. The summed E-state index contributed by atoms with van der Waals surface area (Å²) < 4.78 is 6.01. The van der Waals surface area contributed by atoms with E-state index in [9.17, 15) is 0 Å². The first-order valence-corrected chi connectivity index (χ1v) is 6.89. The monoisotopic (exact) mass is 252 g/mol. The third-order valence-corrected chi connectivity index (χ3v) is 3.84. The van der Waals surface area contributed by atoms with Gasteiger partial charge in [-0.15, -0.1) is 0 Å². The second-order valence-corrected chi connectivity index (χ2v) is 5.44. The maximum absolute atomic E-state index is 6.01. The summed E-state index contributed by atoms with van der Waals surface area (Å²) in [5.41, 5.74) is 5.52. The molecule has 0 spiro atoms. The predicted octanol–water partition coefficient (Wildman–Crippen LogP) is 2.27. The van der Waals surface area contributed by atoms with Gasteiger partial charge in [-0.25, -0.2) is 4.98 Å². The number of nitrogens with two attached hydrogens (primary N) is 1. The summed E-state index contributed by atoms with van der Waals surface area (Å²) in [6, 6.07) is -0.118. The molecule has 0 saturated heterocycles. The SMILES string of the molecule is CCOC1(c2n[nH]c(C(C)N)n2)CCC(C)CC1. The maximum Gasteiger partial charge on any atom is 0.182 e. The topological polar surface area (TPSA) is 76.8 Å². The lowest BCUT2D eigenvalue weighted by molar-refractivity contribution is -0.0835. The van der Waals surface area contributed by atoms with Crippen LogP contribution in [-0.2, 0) is 10.3 Å². The van der Waals surface area contributed by atoms with Crippen molar-refractivity contribution in [3.8, 4) is 0 Å². The molecule has 0 aromatic carbocycles. The van der Waals surface area contributed by atoms with Crippen molar-refractivity contribution in [1.82, 2.24) is 15.2 Å². The van der Waals surface area contributed by atoms with Crippen LogP contribution in [0.25, 0.3) is 0 Å². The molecular weight excluding hydrogens is 228 g/mol. The van der Waals surface area contributed by atoms with Crippen LogP contribution in [0.1, 0.15) is 64.1 Å². The van der Waals surface area contributed by atoms with E-state index >= 15 is 0 Å². The van der Waals surface area contributed by atoms with Gasteiger partial charge in [0, 0.05) is 6.61 Å². The van der Waals surface area contributed by atoms with E-state index in [0.29, 0.717) is 6.61 Å². The Morgan fingerprint density at radius 1 is 1.50 bits per heavy atom. The van der Waals surface area contributed by atoms with Crippen LogP contribution in [-0.4, -0.2) is 21.8 Å². The summed E-state index contributed by atoms with van der Waals surface area (Å²) in [4.78, 5) is 4.53. The largest absolute Gasteiger partial charge is 0.367 e. The van der Waals surface area contributed by atoms with E-state index in [1.807, 2.05) is 13.8 Å². The van der Waals surface area contributed by atoms with E-state index in [0.717, 1.165) is 30.4 Å². The zero-order chi connectivity index (χ0) is 13.2. The van der Waals surface area contributed by atoms with E-state index in [1.54, 1.807) is 0 Å². The Labute approximate surface area is 109 Å². The predicted molar refractivity (Wildman–Crippen MR) is 69.9 cm³/mol. The molecule has 2 rings (SSSR count). The molecule has 1 aromatic rings. The molecule has 1 aliphatic rings. The highest BCUT2D eigenvalue weighted by Gasteiger charge is 2.40. The van der Waals surface area contributed by atoms with Crippen LogP contribution in [0.4, 0.5) is 0 Å². The van der Waals surface area contributed by atoms with Gasteiger partial charge in [0.1, 0.15) is 11.4 Å². The zero-order valence-corrected chi connectivity index (χ0v) is 11.6. The summed E-state index contributed by atoms with van der Waals surface area (Å²) in [6.07, 6.45) is 4.33. The first-order chi connectivity index (χ1) is 8.57. The van der Waals surface area contributed by atoms with Gasteiger partial charge in [-0.1, -0.05) is 6.92 Å². The number of nitrogens with zero attached hydrogens (tertiary/aromatic N) is 2. The highest BCUT2D eigenvalue weighted by molar-refractivity contribution is 5.06. The molecule has 0 radical (unpaired) electrons. The molecule has 5 nitrogen and oxygen atoms in total. The van der Waals surface area contributed by atoms with Gasteiger partial charge in [-0.05, 0) is 45.4 Å². The lowest BCUT2D eigenvalue weighted by Gasteiger charge is -2.36. The van der Waals surface area contributed by atoms with E-state index in [-0.39, 0.29) is 11.6 Å². The summed E-state index contributed by atoms with van der Waals surface area (Å²) in [5.74, 6) is 2.29.